The molecule has 0 atom stereocenters. The fourth-order valence-corrected chi connectivity index (χ4v) is 1.62. The number of fused-ring (bicyclic) bond motifs is 1. The summed E-state index contributed by atoms with van der Waals surface area (Å²) in [6.07, 6.45) is 4.06. The number of carbonyl (C=O) groups is 1. The number of ether oxygens (including phenoxy) is 1. The highest BCUT2D eigenvalue weighted by atomic mass is 16.5. The van der Waals surface area contributed by atoms with E-state index in [1.165, 1.54) is 6.08 Å². The second-order valence-corrected chi connectivity index (χ2v) is 3.47. The largest absolute Gasteiger partial charge is 0.497 e. The van der Waals surface area contributed by atoms with Gasteiger partial charge in [-0.05, 0) is 40.6 Å². The Morgan fingerprint density at radius 2 is 1.81 bits per heavy atom. The van der Waals surface area contributed by atoms with Crippen LogP contribution in [-0.2, 0) is 4.79 Å². The third-order valence-electron chi connectivity index (χ3n) is 2.44. The number of allylic oxidation sites excluding steroid dienone is 1. The summed E-state index contributed by atoms with van der Waals surface area (Å²) in [5.74, 6) is 0.851. The molecule has 2 heteroatoms. The molecule has 2 nitrogen and oxygen atoms in total. The summed E-state index contributed by atoms with van der Waals surface area (Å²) in [6, 6.07) is 11.9. The molecule has 2 aromatic rings. The van der Waals surface area contributed by atoms with Crippen molar-refractivity contribution in [1.29, 1.82) is 0 Å². The Balaban J connectivity index is 2.47. The zero-order valence-corrected chi connectivity index (χ0v) is 9.01. The third kappa shape index (κ3) is 2.11. The van der Waals surface area contributed by atoms with Gasteiger partial charge in [0.25, 0.3) is 0 Å². The lowest BCUT2D eigenvalue weighted by Gasteiger charge is -2.03. The molecular weight excluding hydrogens is 200 g/mol. The number of rotatable bonds is 3. The SMILES string of the molecule is COc1ccc2cc(C=CC=O)ccc2c1. The summed E-state index contributed by atoms with van der Waals surface area (Å²) < 4.78 is 5.16. The first-order valence-corrected chi connectivity index (χ1v) is 5.03. The van der Waals surface area contributed by atoms with Gasteiger partial charge in [-0.3, -0.25) is 4.79 Å². The van der Waals surface area contributed by atoms with Crippen molar-refractivity contribution in [3.63, 3.8) is 0 Å². The molecule has 0 amide bonds. The molecule has 0 saturated heterocycles. The van der Waals surface area contributed by atoms with Gasteiger partial charge in [0.2, 0.25) is 0 Å². The van der Waals surface area contributed by atoms with E-state index in [1.54, 1.807) is 13.2 Å². The molecule has 16 heavy (non-hydrogen) atoms. The molecule has 0 fully saturated rings. The molecule has 0 aromatic heterocycles. The van der Waals surface area contributed by atoms with Crippen molar-refractivity contribution < 1.29 is 9.53 Å². The van der Waals surface area contributed by atoms with Gasteiger partial charge in [0.15, 0.2) is 0 Å². The van der Waals surface area contributed by atoms with Gasteiger partial charge in [0.05, 0.1) is 7.11 Å². The first-order chi connectivity index (χ1) is 7.83. The van der Waals surface area contributed by atoms with Crippen molar-refractivity contribution in [3.8, 4) is 5.75 Å². The smallest absolute Gasteiger partial charge is 0.142 e. The van der Waals surface area contributed by atoms with Gasteiger partial charge in [0.1, 0.15) is 12.0 Å². The summed E-state index contributed by atoms with van der Waals surface area (Å²) in [4.78, 5) is 10.2. The Bertz CT molecular complexity index is 541. The zero-order chi connectivity index (χ0) is 11.4. The molecule has 0 saturated carbocycles. The number of hydrogen-bond acceptors (Lipinski definition) is 2. The van der Waals surface area contributed by atoms with Crippen LogP contribution in [0, 0.1) is 0 Å². The quantitative estimate of drug-likeness (QED) is 0.577. The summed E-state index contributed by atoms with van der Waals surface area (Å²) in [5, 5.41) is 2.26. The highest BCUT2D eigenvalue weighted by Crippen LogP contribution is 2.22. The Hall–Kier alpha value is -2.09. The van der Waals surface area contributed by atoms with Gasteiger partial charge in [-0.15, -0.1) is 0 Å². The molecule has 0 heterocycles. The summed E-state index contributed by atoms with van der Waals surface area (Å²) in [7, 11) is 1.66. The summed E-state index contributed by atoms with van der Waals surface area (Å²) >= 11 is 0. The Morgan fingerprint density at radius 1 is 1.06 bits per heavy atom. The van der Waals surface area contributed by atoms with Crippen LogP contribution in [0.1, 0.15) is 5.56 Å². The summed E-state index contributed by atoms with van der Waals surface area (Å²) in [5.41, 5.74) is 1.02. The van der Waals surface area contributed by atoms with Gasteiger partial charge in [-0.1, -0.05) is 24.3 Å². The minimum Gasteiger partial charge on any atom is -0.497 e. The maximum atomic E-state index is 10.2. The number of methoxy groups -OCH3 is 1. The predicted octanol–water partition coefficient (Wildman–Crippen LogP) is 3.06. The van der Waals surface area contributed by atoms with Gasteiger partial charge < -0.3 is 4.74 Å². The number of hydrogen-bond donors (Lipinski definition) is 0. The lowest BCUT2D eigenvalue weighted by atomic mass is 10.1. The molecule has 2 aromatic carbocycles. The van der Waals surface area contributed by atoms with Gasteiger partial charge in [-0.25, -0.2) is 0 Å². The molecule has 0 N–H and O–H groups in total. The maximum absolute atomic E-state index is 10.2. The molecule has 0 radical (unpaired) electrons. The van der Waals surface area contributed by atoms with Crippen LogP contribution in [0.25, 0.3) is 16.8 Å². The van der Waals surface area contributed by atoms with Crippen LogP contribution in [0.4, 0.5) is 0 Å². The van der Waals surface area contributed by atoms with Gasteiger partial charge in [0, 0.05) is 0 Å². The van der Waals surface area contributed by atoms with Crippen LogP contribution in [0.3, 0.4) is 0 Å². The number of carbonyl (C=O) groups excluding carboxylic acids is 1. The summed E-state index contributed by atoms with van der Waals surface area (Å²) in [6.45, 7) is 0. The lowest BCUT2D eigenvalue weighted by Crippen LogP contribution is -1.82. The second kappa shape index (κ2) is 4.62. The number of benzene rings is 2. The van der Waals surface area contributed by atoms with Gasteiger partial charge in [-0.2, -0.15) is 0 Å². The van der Waals surface area contributed by atoms with Crippen molar-refractivity contribution in [2.45, 2.75) is 0 Å². The van der Waals surface area contributed by atoms with Crippen molar-refractivity contribution in [2.24, 2.45) is 0 Å². The molecule has 0 bridgehead atoms. The van der Waals surface area contributed by atoms with Crippen LogP contribution in [0.15, 0.2) is 42.5 Å². The van der Waals surface area contributed by atoms with Crippen molar-refractivity contribution in [1.82, 2.24) is 0 Å². The standard InChI is InChI=1S/C14H12O2/c1-16-14-7-6-12-9-11(3-2-8-15)4-5-13(12)10-14/h2-10H,1H3. The van der Waals surface area contributed by atoms with Crippen molar-refractivity contribution in [2.75, 3.05) is 7.11 Å². The monoisotopic (exact) mass is 212 g/mol. The van der Waals surface area contributed by atoms with E-state index in [0.29, 0.717) is 0 Å². The van der Waals surface area contributed by atoms with Gasteiger partial charge >= 0.3 is 0 Å². The van der Waals surface area contributed by atoms with Crippen molar-refractivity contribution in [3.05, 3.63) is 48.0 Å². The Labute approximate surface area is 94.2 Å². The lowest BCUT2D eigenvalue weighted by molar-refractivity contribution is -0.104. The Kier molecular flexibility index (Phi) is 3.01. The minimum absolute atomic E-state index is 0.776. The van der Waals surface area contributed by atoms with Crippen LogP contribution in [0.2, 0.25) is 0 Å². The molecular formula is C14H12O2. The van der Waals surface area contributed by atoms with Crippen LogP contribution in [0.5, 0.6) is 5.75 Å². The normalized spacial score (nSPS) is 10.8. The first kappa shape index (κ1) is 10.4. The minimum atomic E-state index is 0.776. The van der Waals surface area contributed by atoms with Crippen LogP contribution < -0.4 is 4.74 Å². The topological polar surface area (TPSA) is 26.3 Å². The third-order valence-corrected chi connectivity index (χ3v) is 2.44. The molecule has 0 aliphatic heterocycles. The maximum Gasteiger partial charge on any atom is 0.142 e. The predicted molar refractivity (Wildman–Crippen MR) is 65.6 cm³/mol. The molecule has 0 aliphatic rings. The molecule has 0 spiro atoms. The van der Waals surface area contributed by atoms with E-state index in [2.05, 4.69) is 0 Å². The zero-order valence-electron chi connectivity index (χ0n) is 9.01. The molecule has 0 aliphatic carbocycles. The molecule has 80 valence electrons. The average Bonchev–Trinajstić information content (AvgIpc) is 2.35. The van der Waals surface area contributed by atoms with Crippen LogP contribution >= 0.6 is 0 Å². The van der Waals surface area contributed by atoms with Crippen molar-refractivity contribution >= 4 is 23.1 Å². The fraction of sp³-hybridized carbons (Fsp3) is 0.0714. The van der Waals surface area contributed by atoms with E-state index >= 15 is 0 Å². The van der Waals surface area contributed by atoms with E-state index in [9.17, 15) is 4.79 Å². The van der Waals surface area contributed by atoms with Crippen LogP contribution in [-0.4, -0.2) is 13.4 Å². The molecule has 2 rings (SSSR count). The van der Waals surface area contributed by atoms with E-state index in [0.717, 1.165) is 28.4 Å². The average molecular weight is 212 g/mol. The van der Waals surface area contributed by atoms with E-state index in [4.69, 9.17) is 4.74 Å². The second-order valence-electron chi connectivity index (χ2n) is 3.47. The van der Waals surface area contributed by atoms with E-state index in [1.807, 2.05) is 36.4 Å². The number of aldehydes is 1. The Morgan fingerprint density at radius 3 is 2.56 bits per heavy atom. The highest BCUT2D eigenvalue weighted by molar-refractivity contribution is 5.86. The highest BCUT2D eigenvalue weighted by Gasteiger charge is 1.96. The first-order valence-electron chi connectivity index (χ1n) is 5.03. The fourth-order valence-electron chi connectivity index (χ4n) is 1.62. The van der Waals surface area contributed by atoms with E-state index < -0.39 is 0 Å². The molecule has 0 unspecified atom stereocenters. The van der Waals surface area contributed by atoms with E-state index in [-0.39, 0.29) is 0 Å².